The molecule has 4 nitrogen and oxygen atoms in total. The number of carbonyl (C=O) groups excluding carboxylic acids is 1. The molecule has 2 aliphatic rings. The van der Waals surface area contributed by atoms with Gasteiger partial charge in [0.25, 0.3) is 0 Å². The number of fused-ring (bicyclic) bond motifs is 1. The maximum absolute atomic E-state index is 13.1. The van der Waals surface area contributed by atoms with Crippen LogP contribution in [0.25, 0.3) is 11.1 Å². The average Bonchev–Trinajstić information content (AvgIpc) is 3.16. The number of para-hydroxylation sites is 2. The number of nitrogens with zero attached hydrogens (tertiary/aromatic N) is 2. The van der Waals surface area contributed by atoms with Crippen LogP contribution >= 0.6 is 0 Å². The molecule has 1 aromatic heterocycles. The summed E-state index contributed by atoms with van der Waals surface area (Å²) in [7, 11) is 0. The lowest BCUT2D eigenvalue weighted by molar-refractivity contribution is -0.138. The fraction of sp³-hybridized carbons (Fsp3) is 0.652. The molecule has 0 N–H and O–H groups in total. The summed E-state index contributed by atoms with van der Waals surface area (Å²) in [6.07, 6.45) is 10.7. The molecule has 1 aliphatic heterocycles. The highest BCUT2D eigenvalue weighted by molar-refractivity contribution is 5.79. The molecule has 0 bridgehead atoms. The van der Waals surface area contributed by atoms with Gasteiger partial charge in [-0.1, -0.05) is 38.3 Å². The van der Waals surface area contributed by atoms with E-state index in [1.54, 1.807) is 0 Å². The molecular formula is C23H32N2O2. The number of piperidine rings is 1. The van der Waals surface area contributed by atoms with Gasteiger partial charge >= 0.3 is 0 Å². The van der Waals surface area contributed by atoms with E-state index < -0.39 is 0 Å². The van der Waals surface area contributed by atoms with Crippen molar-refractivity contribution < 1.29 is 9.21 Å². The third-order valence-corrected chi connectivity index (χ3v) is 6.55. The van der Waals surface area contributed by atoms with Gasteiger partial charge in [0.15, 0.2) is 11.5 Å². The van der Waals surface area contributed by atoms with E-state index in [0.717, 1.165) is 61.7 Å². The van der Waals surface area contributed by atoms with Gasteiger partial charge in [0, 0.05) is 19.0 Å². The summed E-state index contributed by atoms with van der Waals surface area (Å²) in [5.74, 6) is 2.51. The van der Waals surface area contributed by atoms with Crippen molar-refractivity contribution in [3.05, 3.63) is 30.2 Å². The Labute approximate surface area is 162 Å². The number of unbranched alkanes of at least 4 members (excludes halogenated alkanes) is 1. The molecular weight excluding hydrogens is 336 g/mol. The molecule has 1 atom stereocenters. The minimum atomic E-state index is 0.232. The zero-order valence-electron chi connectivity index (χ0n) is 16.5. The summed E-state index contributed by atoms with van der Waals surface area (Å²) in [6.45, 7) is 3.92. The number of oxazole rings is 1. The van der Waals surface area contributed by atoms with Crippen LogP contribution in [0, 0.1) is 11.8 Å². The van der Waals surface area contributed by atoms with Crippen LogP contribution in [0.3, 0.4) is 0 Å². The van der Waals surface area contributed by atoms with E-state index in [4.69, 9.17) is 4.42 Å². The SMILES string of the molecule is CCCCC1CCC(C(=O)N2CCCC(c3nc4ccccc4o3)C2)CC1. The zero-order valence-corrected chi connectivity index (χ0v) is 16.5. The van der Waals surface area contributed by atoms with Crippen molar-refractivity contribution in [3.8, 4) is 0 Å². The van der Waals surface area contributed by atoms with E-state index in [-0.39, 0.29) is 11.8 Å². The molecule has 0 spiro atoms. The lowest BCUT2D eigenvalue weighted by atomic mass is 9.79. The van der Waals surface area contributed by atoms with E-state index in [9.17, 15) is 4.79 Å². The van der Waals surface area contributed by atoms with Crippen LogP contribution in [0.2, 0.25) is 0 Å². The Balaban J connectivity index is 1.36. The van der Waals surface area contributed by atoms with E-state index in [1.165, 1.54) is 32.1 Å². The zero-order chi connectivity index (χ0) is 18.6. The molecule has 146 valence electrons. The first-order valence-corrected chi connectivity index (χ1v) is 10.9. The van der Waals surface area contributed by atoms with Crippen molar-refractivity contribution >= 4 is 17.0 Å². The Hall–Kier alpha value is -1.84. The highest BCUT2D eigenvalue weighted by atomic mass is 16.3. The number of rotatable bonds is 5. The first-order chi connectivity index (χ1) is 13.2. The highest BCUT2D eigenvalue weighted by Gasteiger charge is 2.33. The number of amides is 1. The normalized spacial score (nSPS) is 26.4. The number of carbonyl (C=O) groups is 1. The number of aromatic nitrogens is 1. The molecule has 1 aromatic carbocycles. The maximum atomic E-state index is 13.1. The van der Waals surface area contributed by atoms with Gasteiger partial charge in [-0.15, -0.1) is 0 Å². The molecule has 0 radical (unpaired) electrons. The van der Waals surface area contributed by atoms with Crippen molar-refractivity contribution in [2.75, 3.05) is 13.1 Å². The van der Waals surface area contributed by atoms with E-state index >= 15 is 0 Å². The van der Waals surface area contributed by atoms with Crippen molar-refractivity contribution in [2.24, 2.45) is 11.8 Å². The Morgan fingerprint density at radius 3 is 2.78 bits per heavy atom. The molecule has 1 saturated carbocycles. The van der Waals surface area contributed by atoms with Crippen molar-refractivity contribution in [1.29, 1.82) is 0 Å². The molecule has 2 fully saturated rings. The fourth-order valence-corrected chi connectivity index (χ4v) is 4.89. The molecule has 1 unspecified atom stereocenters. The topological polar surface area (TPSA) is 46.3 Å². The lowest BCUT2D eigenvalue weighted by Gasteiger charge is -2.36. The van der Waals surface area contributed by atoms with Gasteiger partial charge in [0.05, 0.1) is 5.92 Å². The van der Waals surface area contributed by atoms with E-state index in [2.05, 4.69) is 16.8 Å². The lowest BCUT2D eigenvalue weighted by Crippen LogP contribution is -2.43. The van der Waals surface area contributed by atoms with E-state index in [1.807, 2.05) is 24.3 Å². The Morgan fingerprint density at radius 2 is 2.00 bits per heavy atom. The van der Waals surface area contributed by atoms with Gasteiger partial charge in [-0.3, -0.25) is 4.79 Å². The number of hydrogen-bond acceptors (Lipinski definition) is 3. The second-order valence-electron chi connectivity index (χ2n) is 8.50. The summed E-state index contributed by atoms with van der Waals surface area (Å²) in [4.78, 5) is 19.9. The molecule has 2 aromatic rings. The molecule has 1 amide bonds. The average molecular weight is 369 g/mol. The highest BCUT2D eigenvalue weighted by Crippen LogP contribution is 2.35. The van der Waals surface area contributed by atoms with Crippen molar-refractivity contribution in [2.45, 2.75) is 70.6 Å². The largest absolute Gasteiger partial charge is 0.440 e. The van der Waals surface area contributed by atoms with E-state index in [0.29, 0.717) is 5.91 Å². The van der Waals surface area contributed by atoms with Crippen LogP contribution < -0.4 is 0 Å². The second-order valence-corrected chi connectivity index (χ2v) is 8.50. The van der Waals surface area contributed by atoms with Crippen molar-refractivity contribution in [3.63, 3.8) is 0 Å². The first kappa shape index (κ1) is 18.5. The third kappa shape index (κ3) is 4.20. The van der Waals surface area contributed by atoms with Gasteiger partial charge in [0.1, 0.15) is 5.52 Å². The molecule has 1 aliphatic carbocycles. The molecule has 4 rings (SSSR count). The first-order valence-electron chi connectivity index (χ1n) is 10.9. The summed E-state index contributed by atoms with van der Waals surface area (Å²) in [6, 6.07) is 7.92. The van der Waals surface area contributed by atoms with Crippen LogP contribution in [0.5, 0.6) is 0 Å². The Kier molecular flexibility index (Phi) is 5.80. The summed E-state index contributed by atoms with van der Waals surface area (Å²) < 4.78 is 5.98. The van der Waals surface area contributed by atoms with Crippen LogP contribution in [-0.2, 0) is 4.79 Å². The molecule has 27 heavy (non-hydrogen) atoms. The van der Waals surface area contributed by atoms with Gasteiger partial charge < -0.3 is 9.32 Å². The maximum Gasteiger partial charge on any atom is 0.225 e. The monoisotopic (exact) mass is 368 g/mol. The summed E-state index contributed by atoms with van der Waals surface area (Å²) in [5.41, 5.74) is 1.77. The molecule has 2 heterocycles. The van der Waals surface area contributed by atoms with Gasteiger partial charge in [0.2, 0.25) is 5.91 Å². The van der Waals surface area contributed by atoms with Gasteiger partial charge in [-0.25, -0.2) is 4.98 Å². The minimum Gasteiger partial charge on any atom is -0.440 e. The Bertz CT molecular complexity index is 728. The van der Waals surface area contributed by atoms with Crippen molar-refractivity contribution in [1.82, 2.24) is 9.88 Å². The predicted molar refractivity (Wildman–Crippen MR) is 108 cm³/mol. The summed E-state index contributed by atoms with van der Waals surface area (Å²) >= 11 is 0. The summed E-state index contributed by atoms with van der Waals surface area (Å²) in [5, 5.41) is 0. The van der Waals surface area contributed by atoms with Crippen LogP contribution in [0.15, 0.2) is 28.7 Å². The number of likely N-dealkylation sites (tertiary alicyclic amines) is 1. The van der Waals surface area contributed by atoms with Gasteiger partial charge in [-0.2, -0.15) is 0 Å². The number of hydrogen-bond donors (Lipinski definition) is 0. The van der Waals surface area contributed by atoms with Crippen LogP contribution in [0.1, 0.15) is 76.5 Å². The number of benzene rings is 1. The fourth-order valence-electron chi connectivity index (χ4n) is 4.89. The minimum absolute atomic E-state index is 0.232. The molecule has 4 heteroatoms. The standard InChI is InChI=1S/C23H32N2O2/c1-2-3-7-17-11-13-18(14-12-17)23(26)25-15-6-8-19(16-25)22-24-20-9-4-5-10-21(20)27-22/h4-5,9-10,17-19H,2-3,6-8,11-16H2,1H3. The van der Waals surface area contributed by atoms with Gasteiger partial charge in [-0.05, 0) is 56.6 Å². The quantitative estimate of drug-likeness (QED) is 0.697. The third-order valence-electron chi connectivity index (χ3n) is 6.55. The molecule has 1 saturated heterocycles. The van der Waals surface area contributed by atoms with Crippen LogP contribution in [0.4, 0.5) is 0 Å². The second kappa shape index (κ2) is 8.45. The predicted octanol–water partition coefficient (Wildman–Crippen LogP) is 5.53. The Morgan fingerprint density at radius 1 is 1.19 bits per heavy atom. The van der Waals surface area contributed by atoms with Crippen LogP contribution in [-0.4, -0.2) is 28.9 Å². The smallest absolute Gasteiger partial charge is 0.225 e.